The van der Waals surface area contributed by atoms with Crippen molar-refractivity contribution in [1.82, 2.24) is 0 Å². The lowest BCUT2D eigenvalue weighted by Crippen LogP contribution is -2.15. The molecule has 2 aliphatic rings. The highest BCUT2D eigenvalue weighted by Gasteiger charge is 2.51. The van der Waals surface area contributed by atoms with Crippen molar-refractivity contribution in [3.8, 4) is 11.5 Å². The first-order chi connectivity index (χ1) is 7.65. The van der Waals surface area contributed by atoms with Crippen LogP contribution >= 0.6 is 23.2 Å². The van der Waals surface area contributed by atoms with E-state index in [1.807, 2.05) is 12.1 Å². The van der Waals surface area contributed by atoms with Gasteiger partial charge in [-0.15, -0.1) is 23.2 Å². The van der Waals surface area contributed by atoms with Gasteiger partial charge in [-0.3, -0.25) is 0 Å². The molecular formula is C12H12Cl2O2. The van der Waals surface area contributed by atoms with Gasteiger partial charge in [-0.2, -0.15) is 0 Å². The standard InChI is InChI=1S/C12H12Cl2O2/c13-12(14)7-9(12)5-8-1-2-10-11(6-8)16-4-3-15-10/h1-2,6,9H,3-5,7H2/t9-/m0/s1. The zero-order valence-corrected chi connectivity index (χ0v) is 10.2. The average Bonchev–Trinajstić information content (AvgIpc) is 2.86. The van der Waals surface area contributed by atoms with E-state index in [-0.39, 0.29) is 0 Å². The van der Waals surface area contributed by atoms with E-state index >= 15 is 0 Å². The van der Waals surface area contributed by atoms with Crippen LogP contribution in [0.2, 0.25) is 0 Å². The van der Waals surface area contributed by atoms with E-state index in [0.717, 1.165) is 24.3 Å². The first kappa shape index (κ1) is 10.5. The van der Waals surface area contributed by atoms with E-state index in [0.29, 0.717) is 19.1 Å². The van der Waals surface area contributed by atoms with Crippen molar-refractivity contribution in [2.75, 3.05) is 13.2 Å². The molecule has 0 radical (unpaired) electrons. The maximum Gasteiger partial charge on any atom is 0.161 e. The van der Waals surface area contributed by atoms with Crippen molar-refractivity contribution >= 4 is 23.2 Å². The second-order valence-corrected chi connectivity index (χ2v) is 5.89. The fourth-order valence-electron chi connectivity index (χ4n) is 1.99. The lowest BCUT2D eigenvalue weighted by atomic mass is 10.1. The number of halogens is 2. The van der Waals surface area contributed by atoms with Crippen LogP contribution < -0.4 is 9.47 Å². The smallest absolute Gasteiger partial charge is 0.161 e. The minimum atomic E-state index is -0.507. The van der Waals surface area contributed by atoms with Gasteiger partial charge in [0.25, 0.3) is 0 Å². The number of rotatable bonds is 2. The third-order valence-corrected chi connectivity index (χ3v) is 3.97. The van der Waals surface area contributed by atoms with Crippen LogP contribution in [0.4, 0.5) is 0 Å². The van der Waals surface area contributed by atoms with Crippen molar-refractivity contribution in [2.45, 2.75) is 17.2 Å². The minimum Gasteiger partial charge on any atom is -0.486 e. The molecule has 16 heavy (non-hydrogen) atoms. The molecule has 1 atom stereocenters. The van der Waals surface area contributed by atoms with E-state index in [2.05, 4.69) is 6.07 Å². The van der Waals surface area contributed by atoms with Gasteiger partial charge in [0.2, 0.25) is 0 Å². The summed E-state index contributed by atoms with van der Waals surface area (Å²) < 4.78 is 10.5. The molecule has 1 fully saturated rings. The number of fused-ring (bicyclic) bond motifs is 1. The lowest BCUT2D eigenvalue weighted by molar-refractivity contribution is 0.171. The van der Waals surface area contributed by atoms with E-state index in [4.69, 9.17) is 32.7 Å². The maximum atomic E-state index is 6.01. The number of hydrogen-bond acceptors (Lipinski definition) is 2. The number of benzene rings is 1. The van der Waals surface area contributed by atoms with Crippen LogP contribution in [-0.2, 0) is 6.42 Å². The molecule has 4 heteroatoms. The predicted octanol–water partition coefficient (Wildman–Crippen LogP) is 3.19. The normalized spacial score (nSPS) is 25.2. The molecule has 1 aliphatic carbocycles. The molecule has 0 saturated heterocycles. The summed E-state index contributed by atoms with van der Waals surface area (Å²) in [5, 5.41) is 0. The Morgan fingerprint density at radius 1 is 1.19 bits per heavy atom. The van der Waals surface area contributed by atoms with Gasteiger partial charge in [0, 0.05) is 0 Å². The quantitative estimate of drug-likeness (QED) is 0.759. The zero-order chi connectivity index (χ0) is 11.2. The third-order valence-electron chi connectivity index (χ3n) is 3.04. The molecule has 1 aromatic carbocycles. The van der Waals surface area contributed by atoms with Crippen LogP contribution in [0.5, 0.6) is 11.5 Å². The maximum absolute atomic E-state index is 6.01. The largest absolute Gasteiger partial charge is 0.486 e. The van der Waals surface area contributed by atoms with E-state index < -0.39 is 4.33 Å². The zero-order valence-electron chi connectivity index (χ0n) is 8.71. The van der Waals surface area contributed by atoms with Crippen LogP contribution in [0, 0.1) is 5.92 Å². The summed E-state index contributed by atoms with van der Waals surface area (Å²) in [7, 11) is 0. The highest BCUT2D eigenvalue weighted by atomic mass is 35.5. The third kappa shape index (κ3) is 1.96. The van der Waals surface area contributed by atoms with Gasteiger partial charge in [0.1, 0.15) is 17.5 Å². The Hall–Kier alpha value is -0.600. The molecule has 0 aromatic heterocycles. The summed E-state index contributed by atoms with van der Waals surface area (Å²) in [4.78, 5) is 0. The van der Waals surface area contributed by atoms with E-state index in [1.165, 1.54) is 5.56 Å². The van der Waals surface area contributed by atoms with Crippen molar-refractivity contribution in [3.63, 3.8) is 0 Å². The lowest BCUT2D eigenvalue weighted by Gasteiger charge is -2.18. The minimum absolute atomic E-state index is 0.374. The molecule has 1 aliphatic heterocycles. The monoisotopic (exact) mass is 258 g/mol. The Morgan fingerprint density at radius 3 is 2.56 bits per heavy atom. The fourth-order valence-corrected chi connectivity index (χ4v) is 2.52. The average molecular weight is 259 g/mol. The molecule has 86 valence electrons. The predicted molar refractivity (Wildman–Crippen MR) is 63.7 cm³/mol. The molecule has 3 rings (SSSR count). The molecule has 1 saturated carbocycles. The second-order valence-electron chi connectivity index (χ2n) is 4.34. The molecule has 1 aromatic rings. The Balaban J connectivity index is 1.76. The van der Waals surface area contributed by atoms with E-state index in [9.17, 15) is 0 Å². The number of ether oxygens (including phenoxy) is 2. The van der Waals surface area contributed by atoms with Gasteiger partial charge < -0.3 is 9.47 Å². The summed E-state index contributed by atoms with van der Waals surface area (Å²) in [6.07, 6.45) is 1.79. The molecule has 2 nitrogen and oxygen atoms in total. The summed E-state index contributed by atoms with van der Waals surface area (Å²) in [5.74, 6) is 2.03. The van der Waals surface area contributed by atoms with Gasteiger partial charge >= 0.3 is 0 Å². The van der Waals surface area contributed by atoms with Crippen LogP contribution in [0.1, 0.15) is 12.0 Å². The van der Waals surface area contributed by atoms with Gasteiger partial charge in [-0.05, 0) is 36.5 Å². The molecular weight excluding hydrogens is 247 g/mol. The summed E-state index contributed by atoms with van der Waals surface area (Å²) in [6, 6.07) is 6.03. The van der Waals surface area contributed by atoms with Crippen molar-refractivity contribution in [3.05, 3.63) is 23.8 Å². The topological polar surface area (TPSA) is 18.5 Å². The molecule has 0 unspecified atom stereocenters. The van der Waals surface area contributed by atoms with E-state index in [1.54, 1.807) is 0 Å². The Morgan fingerprint density at radius 2 is 1.88 bits per heavy atom. The molecule has 0 amide bonds. The highest BCUT2D eigenvalue weighted by molar-refractivity contribution is 6.50. The van der Waals surface area contributed by atoms with Crippen molar-refractivity contribution in [2.24, 2.45) is 5.92 Å². The first-order valence-corrected chi connectivity index (χ1v) is 6.17. The highest BCUT2D eigenvalue weighted by Crippen LogP contribution is 2.54. The van der Waals surface area contributed by atoms with Crippen molar-refractivity contribution < 1.29 is 9.47 Å². The Labute approximate surface area is 104 Å². The molecule has 0 spiro atoms. The summed E-state index contributed by atoms with van der Waals surface area (Å²) in [5.41, 5.74) is 1.21. The number of hydrogen-bond donors (Lipinski definition) is 0. The summed E-state index contributed by atoms with van der Waals surface area (Å²) in [6.45, 7) is 1.25. The van der Waals surface area contributed by atoms with Crippen LogP contribution in [-0.4, -0.2) is 17.5 Å². The Bertz CT molecular complexity index is 417. The second kappa shape index (κ2) is 3.71. The van der Waals surface area contributed by atoms with Gasteiger partial charge in [-0.25, -0.2) is 0 Å². The van der Waals surface area contributed by atoms with Crippen LogP contribution in [0.25, 0.3) is 0 Å². The Kier molecular flexibility index (Phi) is 2.45. The number of alkyl halides is 2. The van der Waals surface area contributed by atoms with Gasteiger partial charge in [-0.1, -0.05) is 6.07 Å². The van der Waals surface area contributed by atoms with Gasteiger partial charge in [0.15, 0.2) is 11.5 Å². The molecule has 1 heterocycles. The van der Waals surface area contributed by atoms with Crippen molar-refractivity contribution in [1.29, 1.82) is 0 Å². The van der Waals surface area contributed by atoms with Gasteiger partial charge in [0.05, 0.1) is 0 Å². The summed E-state index contributed by atoms with van der Waals surface area (Å²) >= 11 is 12.0. The fraction of sp³-hybridized carbons (Fsp3) is 0.500. The molecule has 0 bridgehead atoms. The molecule has 0 N–H and O–H groups in total. The van der Waals surface area contributed by atoms with Crippen LogP contribution in [0.15, 0.2) is 18.2 Å². The SMILES string of the molecule is ClC1(Cl)C[C@@H]1Cc1ccc2c(c1)OCCO2. The first-order valence-electron chi connectivity index (χ1n) is 5.41. The van der Waals surface area contributed by atoms with Crippen LogP contribution in [0.3, 0.4) is 0 Å².